The molecular formula is C23H28N2O4. The van der Waals surface area contributed by atoms with E-state index in [-0.39, 0.29) is 11.8 Å². The van der Waals surface area contributed by atoms with Gasteiger partial charge in [-0.3, -0.25) is 9.59 Å². The number of nitrogens with zero attached hydrogens (tertiary/aromatic N) is 1. The van der Waals surface area contributed by atoms with Crippen LogP contribution < -0.4 is 14.8 Å². The molecule has 1 heterocycles. The molecule has 0 aliphatic carbocycles. The number of ether oxygens (including phenoxy) is 2. The van der Waals surface area contributed by atoms with Crippen LogP contribution in [0.15, 0.2) is 42.5 Å². The monoisotopic (exact) mass is 396 g/mol. The Morgan fingerprint density at radius 1 is 1.03 bits per heavy atom. The first-order valence-corrected chi connectivity index (χ1v) is 10.0. The summed E-state index contributed by atoms with van der Waals surface area (Å²) in [5.41, 5.74) is 1.74. The summed E-state index contributed by atoms with van der Waals surface area (Å²) >= 11 is 0. The molecule has 0 radical (unpaired) electrons. The summed E-state index contributed by atoms with van der Waals surface area (Å²) in [6.07, 6.45) is 2.09. The lowest BCUT2D eigenvalue weighted by molar-refractivity contribution is 0.0697. The molecular weight excluding hydrogens is 368 g/mol. The van der Waals surface area contributed by atoms with Gasteiger partial charge in [0, 0.05) is 29.9 Å². The quantitative estimate of drug-likeness (QED) is 0.794. The van der Waals surface area contributed by atoms with Gasteiger partial charge in [-0.25, -0.2) is 0 Å². The number of benzene rings is 2. The van der Waals surface area contributed by atoms with E-state index < -0.39 is 0 Å². The summed E-state index contributed by atoms with van der Waals surface area (Å²) in [5, 5.41) is 2.86. The lowest BCUT2D eigenvalue weighted by atomic mass is 9.98. The lowest BCUT2D eigenvalue weighted by Crippen LogP contribution is -2.37. The van der Waals surface area contributed by atoms with Gasteiger partial charge in [0.05, 0.1) is 13.7 Å². The van der Waals surface area contributed by atoms with Crippen molar-refractivity contribution in [3.05, 3.63) is 53.6 Å². The smallest absolute Gasteiger partial charge is 0.255 e. The molecule has 1 N–H and O–H groups in total. The van der Waals surface area contributed by atoms with Crippen LogP contribution in [0.3, 0.4) is 0 Å². The number of amides is 2. The van der Waals surface area contributed by atoms with Crippen molar-refractivity contribution < 1.29 is 19.1 Å². The van der Waals surface area contributed by atoms with Crippen LogP contribution in [0.25, 0.3) is 0 Å². The predicted molar refractivity (Wildman–Crippen MR) is 113 cm³/mol. The largest absolute Gasteiger partial charge is 0.493 e. The molecule has 2 amide bonds. The molecule has 1 aliphatic rings. The highest BCUT2D eigenvalue weighted by molar-refractivity contribution is 6.05. The van der Waals surface area contributed by atoms with Crippen molar-refractivity contribution >= 4 is 17.5 Å². The molecule has 0 saturated carbocycles. The van der Waals surface area contributed by atoms with Gasteiger partial charge in [-0.1, -0.05) is 6.92 Å². The van der Waals surface area contributed by atoms with Gasteiger partial charge in [-0.2, -0.15) is 0 Å². The van der Waals surface area contributed by atoms with Gasteiger partial charge in [0.2, 0.25) is 0 Å². The van der Waals surface area contributed by atoms with Gasteiger partial charge in [-0.15, -0.1) is 0 Å². The first kappa shape index (κ1) is 20.7. The van der Waals surface area contributed by atoms with Gasteiger partial charge in [0.25, 0.3) is 11.8 Å². The van der Waals surface area contributed by atoms with Gasteiger partial charge < -0.3 is 19.7 Å². The summed E-state index contributed by atoms with van der Waals surface area (Å²) < 4.78 is 10.8. The number of hydrogen-bond acceptors (Lipinski definition) is 4. The summed E-state index contributed by atoms with van der Waals surface area (Å²) in [6.45, 7) is 6.18. The summed E-state index contributed by atoms with van der Waals surface area (Å²) in [7, 11) is 1.56. The van der Waals surface area contributed by atoms with E-state index >= 15 is 0 Å². The van der Waals surface area contributed by atoms with E-state index in [4.69, 9.17) is 9.47 Å². The highest BCUT2D eigenvalue weighted by atomic mass is 16.5. The summed E-state index contributed by atoms with van der Waals surface area (Å²) in [4.78, 5) is 27.1. The molecule has 0 atom stereocenters. The number of likely N-dealkylation sites (tertiary alicyclic amines) is 1. The second-order valence-corrected chi connectivity index (χ2v) is 7.30. The number of rotatable bonds is 6. The van der Waals surface area contributed by atoms with Crippen LogP contribution in [0.5, 0.6) is 11.5 Å². The van der Waals surface area contributed by atoms with Gasteiger partial charge in [0.1, 0.15) is 0 Å². The lowest BCUT2D eigenvalue weighted by Gasteiger charge is -2.30. The van der Waals surface area contributed by atoms with Crippen molar-refractivity contribution in [2.45, 2.75) is 26.7 Å². The fourth-order valence-electron chi connectivity index (χ4n) is 3.38. The minimum atomic E-state index is -0.252. The normalized spacial score (nSPS) is 14.4. The van der Waals surface area contributed by atoms with Crippen molar-refractivity contribution in [1.82, 2.24) is 4.90 Å². The topological polar surface area (TPSA) is 67.9 Å². The molecule has 6 heteroatoms. The zero-order chi connectivity index (χ0) is 20.8. The Morgan fingerprint density at radius 3 is 2.31 bits per heavy atom. The van der Waals surface area contributed by atoms with Crippen LogP contribution >= 0.6 is 0 Å². The molecule has 6 nitrogen and oxygen atoms in total. The molecule has 3 rings (SSSR count). The number of nitrogens with one attached hydrogen (secondary N) is 1. The molecule has 2 aromatic carbocycles. The molecule has 0 aromatic heterocycles. The van der Waals surface area contributed by atoms with Gasteiger partial charge in [-0.05, 0) is 68.1 Å². The number of hydrogen-bond donors (Lipinski definition) is 1. The Kier molecular flexibility index (Phi) is 6.75. The van der Waals surface area contributed by atoms with E-state index in [1.165, 1.54) is 0 Å². The molecule has 29 heavy (non-hydrogen) atoms. The zero-order valence-corrected chi connectivity index (χ0v) is 17.2. The SMILES string of the molecule is CCOc1cc(C(=O)Nc2ccc(C(=O)N3CCC(C)CC3)cc2)ccc1OC. The van der Waals surface area contributed by atoms with Crippen LogP contribution in [-0.2, 0) is 0 Å². The Balaban J connectivity index is 1.65. The van der Waals surface area contributed by atoms with Crippen molar-refractivity contribution in [2.24, 2.45) is 5.92 Å². The highest BCUT2D eigenvalue weighted by Gasteiger charge is 2.21. The number of piperidine rings is 1. The van der Waals surface area contributed by atoms with Crippen molar-refractivity contribution in [3.8, 4) is 11.5 Å². The number of methoxy groups -OCH3 is 1. The second-order valence-electron chi connectivity index (χ2n) is 7.30. The van der Waals surface area contributed by atoms with Crippen LogP contribution in [-0.4, -0.2) is 43.5 Å². The Morgan fingerprint density at radius 2 is 1.69 bits per heavy atom. The minimum absolute atomic E-state index is 0.0475. The Hall–Kier alpha value is -3.02. The highest BCUT2D eigenvalue weighted by Crippen LogP contribution is 2.28. The molecule has 154 valence electrons. The standard InChI is InChI=1S/C23H28N2O4/c1-4-29-21-15-18(7-10-20(21)28-3)22(26)24-19-8-5-17(6-9-19)23(27)25-13-11-16(2)12-14-25/h5-10,15-16H,4,11-14H2,1-3H3,(H,24,26). The van der Waals surface area contributed by atoms with E-state index in [0.29, 0.717) is 40.8 Å². The fourth-order valence-corrected chi connectivity index (χ4v) is 3.38. The third-order valence-corrected chi connectivity index (χ3v) is 5.19. The molecule has 1 aliphatic heterocycles. The Labute approximate surface area is 171 Å². The predicted octanol–water partition coefficient (Wildman–Crippen LogP) is 4.22. The third kappa shape index (κ3) is 5.08. The molecule has 0 spiro atoms. The van der Waals surface area contributed by atoms with Crippen LogP contribution in [0.1, 0.15) is 47.4 Å². The van der Waals surface area contributed by atoms with E-state index in [1.807, 2.05) is 11.8 Å². The van der Waals surface area contributed by atoms with Crippen LogP contribution in [0, 0.1) is 5.92 Å². The molecule has 1 saturated heterocycles. The number of anilines is 1. The fraction of sp³-hybridized carbons (Fsp3) is 0.391. The molecule has 2 aromatic rings. The van der Waals surface area contributed by atoms with E-state index in [2.05, 4.69) is 12.2 Å². The zero-order valence-electron chi connectivity index (χ0n) is 17.2. The van der Waals surface area contributed by atoms with E-state index in [9.17, 15) is 9.59 Å². The minimum Gasteiger partial charge on any atom is -0.493 e. The van der Waals surface area contributed by atoms with Gasteiger partial charge in [0.15, 0.2) is 11.5 Å². The van der Waals surface area contributed by atoms with Crippen LogP contribution in [0.4, 0.5) is 5.69 Å². The summed E-state index contributed by atoms with van der Waals surface area (Å²) in [5.74, 6) is 1.58. The van der Waals surface area contributed by atoms with Crippen molar-refractivity contribution in [2.75, 3.05) is 32.1 Å². The third-order valence-electron chi connectivity index (χ3n) is 5.19. The van der Waals surface area contributed by atoms with Crippen molar-refractivity contribution in [1.29, 1.82) is 0 Å². The van der Waals surface area contributed by atoms with Crippen LogP contribution in [0.2, 0.25) is 0 Å². The first-order chi connectivity index (χ1) is 14.0. The van der Waals surface area contributed by atoms with E-state index in [1.54, 1.807) is 49.6 Å². The van der Waals surface area contributed by atoms with E-state index in [0.717, 1.165) is 25.9 Å². The number of carbonyl (C=O) groups excluding carboxylic acids is 2. The summed E-state index contributed by atoms with van der Waals surface area (Å²) in [6, 6.07) is 12.1. The average molecular weight is 396 g/mol. The average Bonchev–Trinajstić information content (AvgIpc) is 2.74. The maximum Gasteiger partial charge on any atom is 0.255 e. The van der Waals surface area contributed by atoms with Crippen molar-refractivity contribution in [3.63, 3.8) is 0 Å². The van der Waals surface area contributed by atoms with Gasteiger partial charge >= 0.3 is 0 Å². The molecule has 0 unspecified atom stereocenters. The molecule has 1 fully saturated rings. The maximum absolute atomic E-state index is 12.6. The first-order valence-electron chi connectivity index (χ1n) is 10.0. The molecule has 0 bridgehead atoms. The number of carbonyl (C=O) groups is 2. The second kappa shape index (κ2) is 9.45. The maximum atomic E-state index is 12.6. The Bertz CT molecular complexity index is 856.